The summed E-state index contributed by atoms with van der Waals surface area (Å²) < 4.78 is 0. The van der Waals surface area contributed by atoms with Gasteiger partial charge in [0.1, 0.15) is 0 Å². The number of nitrogens with one attached hydrogen (secondary N) is 1. The molecule has 2 unspecified atom stereocenters. The Balaban J connectivity index is 2.03. The van der Waals surface area contributed by atoms with Crippen LogP contribution in [0.5, 0.6) is 0 Å². The summed E-state index contributed by atoms with van der Waals surface area (Å²) in [5, 5.41) is 3.55. The van der Waals surface area contributed by atoms with Crippen LogP contribution in [0.4, 0.5) is 0 Å². The van der Waals surface area contributed by atoms with Gasteiger partial charge in [-0.05, 0) is 25.3 Å². The van der Waals surface area contributed by atoms with E-state index in [0.29, 0.717) is 6.04 Å². The Morgan fingerprint density at radius 1 is 1.43 bits per heavy atom. The summed E-state index contributed by atoms with van der Waals surface area (Å²) >= 11 is 0. The highest BCUT2D eigenvalue weighted by molar-refractivity contribution is 5.32. The van der Waals surface area contributed by atoms with E-state index in [0.717, 1.165) is 6.42 Å². The highest BCUT2D eigenvalue weighted by atomic mass is 15.2. The zero-order valence-electron chi connectivity index (χ0n) is 8.66. The van der Waals surface area contributed by atoms with Gasteiger partial charge >= 0.3 is 0 Å². The smallest absolute Gasteiger partial charge is 0.0564 e. The van der Waals surface area contributed by atoms with Crippen molar-refractivity contribution in [3.8, 4) is 0 Å². The van der Waals surface area contributed by atoms with Crippen molar-refractivity contribution < 1.29 is 0 Å². The van der Waals surface area contributed by atoms with Crippen molar-refractivity contribution in [3.63, 3.8) is 0 Å². The van der Waals surface area contributed by atoms with Crippen molar-refractivity contribution in [3.05, 3.63) is 48.6 Å². The zero-order chi connectivity index (χ0) is 10.0. The fourth-order valence-corrected chi connectivity index (χ4v) is 2.03. The average Bonchev–Trinajstić information content (AvgIpc) is 2.90. The van der Waals surface area contributed by atoms with Crippen LogP contribution < -0.4 is 5.32 Å². The van der Waals surface area contributed by atoms with Gasteiger partial charge in [0.15, 0.2) is 0 Å². The maximum absolute atomic E-state index is 3.75. The van der Waals surface area contributed by atoms with Crippen molar-refractivity contribution in [2.75, 3.05) is 0 Å². The van der Waals surface area contributed by atoms with E-state index >= 15 is 0 Å². The second-order valence-electron chi connectivity index (χ2n) is 4.13. The van der Waals surface area contributed by atoms with E-state index in [1.165, 1.54) is 12.0 Å². The van der Waals surface area contributed by atoms with Gasteiger partial charge in [-0.15, -0.1) is 6.58 Å². The molecule has 0 radical (unpaired) electrons. The Morgan fingerprint density at radius 3 is 2.79 bits per heavy atom. The van der Waals surface area contributed by atoms with Gasteiger partial charge in [0.05, 0.1) is 5.54 Å². The van der Waals surface area contributed by atoms with E-state index in [1.807, 2.05) is 6.08 Å². The molecule has 0 bridgehead atoms. The molecule has 14 heavy (non-hydrogen) atoms. The lowest BCUT2D eigenvalue weighted by Crippen LogP contribution is -2.08. The number of allylic oxidation sites excluding steroid dienone is 1. The van der Waals surface area contributed by atoms with Gasteiger partial charge in [0.2, 0.25) is 0 Å². The molecule has 1 saturated heterocycles. The molecule has 1 aromatic carbocycles. The monoisotopic (exact) mass is 187 g/mol. The van der Waals surface area contributed by atoms with E-state index in [9.17, 15) is 0 Å². The van der Waals surface area contributed by atoms with E-state index in [4.69, 9.17) is 0 Å². The number of hydrogen-bond donors (Lipinski definition) is 1. The molecule has 1 fully saturated rings. The first-order valence-electron chi connectivity index (χ1n) is 5.21. The molecule has 0 spiro atoms. The topological polar surface area (TPSA) is 21.9 Å². The van der Waals surface area contributed by atoms with Gasteiger partial charge in [-0.25, -0.2) is 0 Å². The largest absolute Gasteiger partial charge is 0.301 e. The fourth-order valence-electron chi connectivity index (χ4n) is 2.03. The highest BCUT2D eigenvalue weighted by Crippen LogP contribution is 2.39. The van der Waals surface area contributed by atoms with Crippen LogP contribution in [0.1, 0.15) is 25.3 Å². The first-order chi connectivity index (χ1) is 6.77. The van der Waals surface area contributed by atoms with Gasteiger partial charge < -0.3 is 5.32 Å². The van der Waals surface area contributed by atoms with E-state index in [1.54, 1.807) is 0 Å². The van der Waals surface area contributed by atoms with Crippen LogP contribution in [-0.4, -0.2) is 6.04 Å². The number of benzene rings is 1. The molecule has 1 heterocycles. The Morgan fingerprint density at radius 2 is 2.14 bits per heavy atom. The van der Waals surface area contributed by atoms with Crippen LogP contribution >= 0.6 is 0 Å². The van der Waals surface area contributed by atoms with Gasteiger partial charge in [-0.2, -0.15) is 0 Å². The normalized spacial score (nSPS) is 29.9. The van der Waals surface area contributed by atoms with E-state index in [2.05, 4.69) is 49.2 Å². The maximum atomic E-state index is 3.75. The molecule has 0 aromatic heterocycles. The Kier molecular flexibility index (Phi) is 2.42. The molecule has 0 saturated carbocycles. The summed E-state index contributed by atoms with van der Waals surface area (Å²) in [7, 11) is 0. The first kappa shape index (κ1) is 9.47. The molecule has 0 amide bonds. The standard InChI is InChI=1S/C13H17N/c1-3-4-10-12-13(2,14-12)11-8-6-5-7-9-11/h3,5-9,12,14H,1,4,10H2,2H3. The molecule has 74 valence electrons. The second kappa shape index (κ2) is 3.58. The van der Waals surface area contributed by atoms with Crippen LogP contribution in [0.15, 0.2) is 43.0 Å². The predicted molar refractivity (Wildman–Crippen MR) is 60.1 cm³/mol. The minimum atomic E-state index is 0.213. The van der Waals surface area contributed by atoms with Gasteiger partial charge in [0.25, 0.3) is 0 Å². The Hall–Kier alpha value is -1.08. The third-order valence-electron chi connectivity index (χ3n) is 3.12. The molecule has 2 atom stereocenters. The van der Waals surface area contributed by atoms with Gasteiger partial charge in [-0.3, -0.25) is 0 Å². The summed E-state index contributed by atoms with van der Waals surface area (Å²) in [5.41, 5.74) is 1.61. The molecular weight excluding hydrogens is 170 g/mol. The zero-order valence-corrected chi connectivity index (χ0v) is 8.66. The summed E-state index contributed by atoms with van der Waals surface area (Å²) in [6.45, 7) is 6.03. The van der Waals surface area contributed by atoms with E-state index in [-0.39, 0.29) is 5.54 Å². The van der Waals surface area contributed by atoms with Crippen molar-refractivity contribution in [1.29, 1.82) is 0 Å². The minimum Gasteiger partial charge on any atom is -0.301 e. The van der Waals surface area contributed by atoms with Gasteiger partial charge in [-0.1, -0.05) is 36.4 Å². The molecule has 1 nitrogen and oxygen atoms in total. The van der Waals surface area contributed by atoms with Gasteiger partial charge in [0, 0.05) is 6.04 Å². The SMILES string of the molecule is C=CCCC1NC1(C)c1ccccc1. The molecule has 1 heteroatoms. The lowest BCUT2D eigenvalue weighted by Gasteiger charge is -2.08. The summed E-state index contributed by atoms with van der Waals surface area (Å²) in [6, 6.07) is 11.3. The average molecular weight is 187 g/mol. The molecule has 2 rings (SSSR count). The van der Waals surface area contributed by atoms with Crippen molar-refractivity contribution in [2.45, 2.75) is 31.3 Å². The number of rotatable bonds is 4. The molecule has 0 aliphatic carbocycles. The van der Waals surface area contributed by atoms with E-state index < -0.39 is 0 Å². The highest BCUT2D eigenvalue weighted by Gasteiger charge is 2.49. The molecule has 1 aliphatic rings. The quantitative estimate of drug-likeness (QED) is 0.568. The van der Waals surface area contributed by atoms with Crippen molar-refractivity contribution in [1.82, 2.24) is 5.32 Å². The summed E-state index contributed by atoms with van der Waals surface area (Å²) in [4.78, 5) is 0. The van der Waals surface area contributed by atoms with Crippen LogP contribution in [0, 0.1) is 0 Å². The summed E-state index contributed by atoms with van der Waals surface area (Å²) in [5.74, 6) is 0. The number of hydrogen-bond acceptors (Lipinski definition) is 1. The minimum absolute atomic E-state index is 0.213. The molecule has 1 aliphatic heterocycles. The van der Waals surface area contributed by atoms with Crippen molar-refractivity contribution >= 4 is 0 Å². The maximum Gasteiger partial charge on any atom is 0.0564 e. The van der Waals surface area contributed by atoms with Crippen LogP contribution in [0.3, 0.4) is 0 Å². The predicted octanol–water partition coefficient (Wildman–Crippen LogP) is 2.84. The third kappa shape index (κ3) is 1.60. The van der Waals surface area contributed by atoms with Crippen LogP contribution in [0.25, 0.3) is 0 Å². The Bertz CT molecular complexity index is 317. The third-order valence-corrected chi connectivity index (χ3v) is 3.12. The van der Waals surface area contributed by atoms with Crippen LogP contribution in [0.2, 0.25) is 0 Å². The van der Waals surface area contributed by atoms with Crippen LogP contribution in [-0.2, 0) is 5.54 Å². The molecule has 1 N–H and O–H groups in total. The summed E-state index contributed by atoms with van der Waals surface area (Å²) in [6.07, 6.45) is 4.28. The second-order valence-corrected chi connectivity index (χ2v) is 4.13. The fraction of sp³-hybridized carbons (Fsp3) is 0.385. The first-order valence-corrected chi connectivity index (χ1v) is 5.21. The molecular formula is C13H17N. The molecule has 1 aromatic rings. The lowest BCUT2D eigenvalue weighted by molar-refractivity contribution is 0.688. The Labute approximate surface area is 85.8 Å². The van der Waals surface area contributed by atoms with Crippen molar-refractivity contribution in [2.24, 2.45) is 0 Å². The lowest BCUT2D eigenvalue weighted by atomic mass is 9.95.